The topological polar surface area (TPSA) is 33.1 Å². The molecule has 2 aromatic rings. The summed E-state index contributed by atoms with van der Waals surface area (Å²) in [5.74, 6) is 0. The minimum atomic E-state index is -0.555. The minimum absolute atomic E-state index is 0.555. The Morgan fingerprint density at radius 1 is 1.06 bits per heavy atom. The van der Waals surface area contributed by atoms with Gasteiger partial charge < -0.3 is 5.11 Å². The van der Waals surface area contributed by atoms with Crippen LogP contribution in [-0.4, -0.2) is 10.1 Å². The second-order valence-electron chi connectivity index (χ2n) is 4.48. The Morgan fingerprint density at radius 3 is 2.29 bits per heavy atom. The molecule has 0 fully saturated rings. The molecule has 2 nitrogen and oxygen atoms in total. The van der Waals surface area contributed by atoms with Crippen molar-refractivity contribution in [1.29, 1.82) is 0 Å². The molecule has 0 amide bonds. The van der Waals surface area contributed by atoms with Crippen LogP contribution in [0.3, 0.4) is 0 Å². The van der Waals surface area contributed by atoms with Crippen LogP contribution in [0.2, 0.25) is 0 Å². The number of benzene rings is 1. The number of aromatic nitrogens is 1. The van der Waals surface area contributed by atoms with Crippen LogP contribution in [-0.2, 0) is 0 Å². The summed E-state index contributed by atoms with van der Waals surface area (Å²) in [5.41, 5.74) is 4.59. The fraction of sp³-hybridized carbons (Fsp3) is 0.357. The lowest BCUT2D eigenvalue weighted by molar-refractivity contribution is 0.223. The third-order valence-electron chi connectivity index (χ3n) is 3.09. The SMILES string of the molecule is Cc1ncc(C(O)c2cc(C)c(C)cc2C)s1. The van der Waals surface area contributed by atoms with E-state index in [4.69, 9.17) is 0 Å². The normalized spacial score (nSPS) is 12.8. The van der Waals surface area contributed by atoms with Gasteiger partial charge in [-0.15, -0.1) is 11.3 Å². The first-order chi connectivity index (χ1) is 7.99. The summed E-state index contributed by atoms with van der Waals surface area (Å²) in [6, 6.07) is 4.20. The molecule has 0 radical (unpaired) electrons. The lowest BCUT2D eigenvalue weighted by Gasteiger charge is -2.14. The summed E-state index contributed by atoms with van der Waals surface area (Å²) in [6.07, 6.45) is 1.21. The fourth-order valence-corrected chi connectivity index (χ4v) is 2.73. The molecule has 90 valence electrons. The van der Waals surface area contributed by atoms with Gasteiger partial charge in [0, 0.05) is 6.20 Å². The summed E-state index contributed by atoms with van der Waals surface area (Å²) in [5, 5.41) is 11.4. The van der Waals surface area contributed by atoms with Gasteiger partial charge in [0.15, 0.2) is 0 Å². The molecule has 1 heterocycles. The molecule has 0 saturated carbocycles. The number of aliphatic hydroxyl groups is 1. The molecule has 0 saturated heterocycles. The molecule has 1 unspecified atom stereocenters. The molecule has 17 heavy (non-hydrogen) atoms. The van der Waals surface area contributed by atoms with E-state index in [0.717, 1.165) is 21.0 Å². The van der Waals surface area contributed by atoms with Gasteiger partial charge in [0.05, 0.1) is 9.88 Å². The Balaban J connectivity index is 2.43. The van der Waals surface area contributed by atoms with Gasteiger partial charge in [0.2, 0.25) is 0 Å². The van der Waals surface area contributed by atoms with Crippen LogP contribution in [0, 0.1) is 27.7 Å². The van der Waals surface area contributed by atoms with Gasteiger partial charge in [-0.3, -0.25) is 0 Å². The van der Waals surface area contributed by atoms with Crippen LogP contribution in [0.4, 0.5) is 0 Å². The molecule has 0 spiro atoms. The van der Waals surface area contributed by atoms with Crippen molar-refractivity contribution < 1.29 is 5.11 Å². The molecule has 0 bridgehead atoms. The van der Waals surface area contributed by atoms with Crippen molar-refractivity contribution in [2.75, 3.05) is 0 Å². The molecule has 1 atom stereocenters. The molecule has 0 aliphatic carbocycles. The van der Waals surface area contributed by atoms with Crippen molar-refractivity contribution in [2.45, 2.75) is 33.8 Å². The highest BCUT2D eigenvalue weighted by molar-refractivity contribution is 7.11. The maximum Gasteiger partial charge on any atom is 0.115 e. The van der Waals surface area contributed by atoms with Crippen LogP contribution >= 0.6 is 11.3 Å². The van der Waals surface area contributed by atoms with Gasteiger partial charge in [-0.1, -0.05) is 12.1 Å². The predicted octanol–water partition coefficient (Wildman–Crippen LogP) is 3.46. The number of nitrogens with zero attached hydrogens (tertiary/aromatic N) is 1. The van der Waals surface area contributed by atoms with E-state index in [1.165, 1.54) is 11.1 Å². The summed E-state index contributed by atoms with van der Waals surface area (Å²) >= 11 is 1.55. The molecule has 1 aromatic carbocycles. The Kier molecular flexibility index (Phi) is 3.31. The average molecular weight is 247 g/mol. The van der Waals surface area contributed by atoms with Gasteiger partial charge >= 0.3 is 0 Å². The number of hydrogen-bond donors (Lipinski definition) is 1. The highest BCUT2D eigenvalue weighted by atomic mass is 32.1. The van der Waals surface area contributed by atoms with E-state index in [1.807, 2.05) is 13.8 Å². The number of aliphatic hydroxyl groups excluding tert-OH is 1. The molecular weight excluding hydrogens is 230 g/mol. The number of rotatable bonds is 2. The zero-order valence-electron chi connectivity index (χ0n) is 10.6. The quantitative estimate of drug-likeness (QED) is 0.881. The van der Waals surface area contributed by atoms with E-state index >= 15 is 0 Å². The molecule has 3 heteroatoms. The Labute approximate surface area is 106 Å². The Morgan fingerprint density at radius 2 is 1.71 bits per heavy atom. The van der Waals surface area contributed by atoms with Crippen molar-refractivity contribution in [3.8, 4) is 0 Å². The van der Waals surface area contributed by atoms with Gasteiger partial charge in [0.25, 0.3) is 0 Å². The van der Waals surface area contributed by atoms with E-state index in [-0.39, 0.29) is 0 Å². The second kappa shape index (κ2) is 4.59. The Hall–Kier alpha value is -1.19. The van der Waals surface area contributed by atoms with Gasteiger partial charge in [-0.2, -0.15) is 0 Å². The fourth-order valence-electron chi connectivity index (χ4n) is 1.93. The molecule has 0 aliphatic rings. The third kappa shape index (κ3) is 2.40. The van der Waals surface area contributed by atoms with Gasteiger partial charge in [-0.05, 0) is 49.9 Å². The first-order valence-electron chi connectivity index (χ1n) is 5.67. The second-order valence-corrected chi connectivity index (χ2v) is 5.74. The molecular formula is C14H17NOS. The van der Waals surface area contributed by atoms with E-state index in [0.29, 0.717) is 0 Å². The standard InChI is InChI=1S/C14H17NOS/c1-8-5-10(3)12(6-9(8)2)14(16)13-7-15-11(4)17-13/h5-7,14,16H,1-4H3. The molecule has 1 N–H and O–H groups in total. The van der Waals surface area contributed by atoms with Gasteiger partial charge in [-0.25, -0.2) is 4.98 Å². The van der Waals surface area contributed by atoms with E-state index in [1.54, 1.807) is 17.5 Å². The number of aryl methyl sites for hydroxylation is 4. The first-order valence-corrected chi connectivity index (χ1v) is 6.49. The first kappa shape index (κ1) is 12.3. The van der Waals surface area contributed by atoms with E-state index < -0.39 is 6.10 Å². The zero-order chi connectivity index (χ0) is 12.6. The maximum atomic E-state index is 10.4. The summed E-state index contributed by atoms with van der Waals surface area (Å²) in [6.45, 7) is 8.16. The zero-order valence-corrected chi connectivity index (χ0v) is 11.4. The van der Waals surface area contributed by atoms with E-state index in [9.17, 15) is 5.11 Å². The lowest BCUT2D eigenvalue weighted by Crippen LogP contribution is -2.01. The van der Waals surface area contributed by atoms with Crippen molar-refractivity contribution in [1.82, 2.24) is 4.98 Å². The van der Waals surface area contributed by atoms with Crippen molar-refractivity contribution in [3.05, 3.63) is 50.5 Å². The van der Waals surface area contributed by atoms with Gasteiger partial charge in [0.1, 0.15) is 6.10 Å². The van der Waals surface area contributed by atoms with E-state index in [2.05, 4.69) is 31.0 Å². The van der Waals surface area contributed by atoms with Crippen LogP contribution in [0.1, 0.15) is 38.2 Å². The van der Waals surface area contributed by atoms with Crippen molar-refractivity contribution >= 4 is 11.3 Å². The van der Waals surface area contributed by atoms with Crippen molar-refractivity contribution in [3.63, 3.8) is 0 Å². The highest BCUT2D eigenvalue weighted by Gasteiger charge is 2.16. The number of hydrogen-bond acceptors (Lipinski definition) is 3. The summed E-state index contributed by atoms with van der Waals surface area (Å²) in [4.78, 5) is 5.10. The highest BCUT2D eigenvalue weighted by Crippen LogP contribution is 2.30. The molecule has 0 aliphatic heterocycles. The number of thiazole rings is 1. The monoisotopic (exact) mass is 247 g/mol. The maximum absolute atomic E-state index is 10.4. The summed E-state index contributed by atoms with van der Waals surface area (Å²) in [7, 11) is 0. The minimum Gasteiger partial charge on any atom is -0.383 e. The van der Waals surface area contributed by atoms with Crippen LogP contribution in [0.5, 0.6) is 0 Å². The average Bonchev–Trinajstić information content (AvgIpc) is 2.69. The summed E-state index contributed by atoms with van der Waals surface area (Å²) < 4.78 is 0. The molecule has 1 aromatic heterocycles. The third-order valence-corrected chi connectivity index (χ3v) is 4.05. The van der Waals surface area contributed by atoms with Crippen LogP contribution in [0.15, 0.2) is 18.3 Å². The largest absolute Gasteiger partial charge is 0.383 e. The van der Waals surface area contributed by atoms with Crippen LogP contribution in [0.25, 0.3) is 0 Å². The van der Waals surface area contributed by atoms with Crippen molar-refractivity contribution in [2.24, 2.45) is 0 Å². The Bertz CT molecular complexity index is 545. The lowest BCUT2D eigenvalue weighted by atomic mass is 9.97. The smallest absolute Gasteiger partial charge is 0.115 e. The van der Waals surface area contributed by atoms with Crippen LogP contribution < -0.4 is 0 Å². The predicted molar refractivity (Wildman–Crippen MR) is 71.6 cm³/mol. The molecule has 2 rings (SSSR count).